The number of hydrogen-bond donors (Lipinski definition) is 0. The Balaban J connectivity index is 1.27. The molecule has 2 aromatic rings. The Hall–Kier alpha value is -2.91. The average Bonchev–Trinajstić information content (AvgIpc) is 3.37. The molecule has 4 atom stereocenters. The number of carbonyl (C=O) groups excluding carboxylic acids is 3. The van der Waals surface area contributed by atoms with Gasteiger partial charge in [-0.15, -0.1) is 0 Å². The second kappa shape index (κ2) is 8.46. The number of nitrogens with zero attached hydrogens (tertiary/aromatic N) is 1. The largest absolute Gasteiger partial charge is 0.367 e. The number of amides is 2. The molecule has 0 saturated carbocycles. The smallest absolute Gasteiger partial charge is 0.261 e. The van der Waals surface area contributed by atoms with Crippen molar-refractivity contribution >= 4 is 17.6 Å². The highest BCUT2D eigenvalue weighted by Gasteiger charge is 2.57. The van der Waals surface area contributed by atoms with Gasteiger partial charge < -0.3 is 18.9 Å². The summed E-state index contributed by atoms with van der Waals surface area (Å²) in [7, 11) is 0. The molecular formula is C25H25NO7. The fourth-order valence-electron chi connectivity index (χ4n) is 4.49. The van der Waals surface area contributed by atoms with Crippen molar-refractivity contribution in [2.45, 2.75) is 57.3 Å². The minimum absolute atomic E-state index is 0.0288. The summed E-state index contributed by atoms with van der Waals surface area (Å²) < 4.78 is 23.8. The van der Waals surface area contributed by atoms with Gasteiger partial charge in [-0.05, 0) is 31.5 Å². The van der Waals surface area contributed by atoms with Gasteiger partial charge in [0.25, 0.3) is 11.8 Å². The highest BCUT2D eigenvalue weighted by molar-refractivity contribution is 6.21. The fourth-order valence-corrected chi connectivity index (χ4v) is 4.49. The summed E-state index contributed by atoms with van der Waals surface area (Å²) in [6.45, 7) is 3.81. The van der Waals surface area contributed by atoms with Gasteiger partial charge in [0.2, 0.25) is 0 Å². The van der Waals surface area contributed by atoms with Crippen LogP contribution in [0.1, 0.15) is 46.5 Å². The Bertz CT molecular complexity index is 1050. The first-order valence-electron chi connectivity index (χ1n) is 11.0. The van der Waals surface area contributed by atoms with Crippen LogP contribution in [0.15, 0.2) is 54.6 Å². The average molecular weight is 451 g/mol. The normalized spacial score (nSPS) is 27.6. The summed E-state index contributed by atoms with van der Waals surface area (Å²) in [6, 6.07) is 16.3. The third kappa shape index (κ3) is 4.11. The van der Waals surface area contributed by atoms with Crippen LogP contribution in [0.25, 0.3) is 0 Å². The number of benzene rings is 2. The Kier molecular flexibility index (Phi) is 5.62. The van der Waals surface area contributed by atoms with Crippen molar-refractivity contribution in [1.29, 1.82) is 0 Å². The fraction of sp³-hybridized carbons (Fsp3) is 0.400. The number of ether oxygens (including phenoxy) is 4. The van der Waals surface area contributed by atoms with Gasteiger partial charge in [-0.3, -0.25) is 19.3 Å². The second-order valence-electron chi connectivity index (χ2n) is 8.81. The lowest BCUT2D eigenvalue weighted by Crippen LogP contribution is -2.42. The highest BCUT2D eigenvalue weighted by atomic mass is 16.8. The molecule has 0 spiro atoms. The first-order valence-corrected chi connectivity index (χ1v) is 11.0. The summed E-state index contributed by atoms with van der Waals surface area (Å²) in [5.74, 6) is -1.91. The maximum atomic E-state index is 13.1. The summed E-state index contributed by atoms with van der Waals surface area (Å²) >= 11 is 0. The second-order valence-corrected chi connectivity index (χ2v) is 8.81. The van der Waals surface area contributed by atoms with E-state index in [-0.39, 0.29) is 25.4 Å². The molecule has 0 unspecified atom stereocenters. The first-order chi connectivity index (χ1) is 15.8. The molecule has 0 radical (unpaired) electrons. The van der Waals surface area contributed by atoms with E-state index in [1.165, 1.54) is 0 Å². The number of imide groups is 1. The number of ketones is 1. The number of rotatable bonds is 7. The Labute approximate surface area is 191 Å². The van der Waals surface area contributed by atoms with Crippen molar-refractivity contribution in [2.75, 3.05) is 6.54 Å². The molecule has 0 N–H and O–H groups in total. The molecule has 8 heteroatoms. The lowest BCUT2D eigenvalue weighted by molar-refractivity contribution is -0.218. The Morgan fingerprint density at radius 2 is 1.61 bits per heavy atom. The highest BCUT2D eigenvalue weighted by Crippen LogP contribution is 2.39. The van der Waals surface area contributed by atoms with Crippen molar-refractivity contribution < 1.29 is 33.3 Å². The van der Waals surface area contributed by atoms with Crippen molar-refractivity contribution in [1.82, 2.24) is 4.90 Å². The maximum absolute atomic E-state index is 13.1. The minimum Gasteiger partial charge on any atom is -0.367 e. The van der Waals surface area contributed by atoms with E-state index in [9.17, 15) is 14.4 Å². The van der Waals surface area contributed by atoms with Gasteiger partial charge in [-0.25, -0.2) is 0 Å². The van der Waals surface area contributed by atoms with Crippen LogP contribution < -0.4 is 0 Å². The van der Waals surface area contributed by atoms with Crippen LogP contribution in [0.2, 0.25) is 0 Å². The molecule has 2 fully saturated rings. The first kappa shape index (κ1) is 21.9. The predicted molar refractivity (Wildman–Crippen MR) is 115 cm³/mol. The van der Waals surface area contributed by atoms with Crippen molar-refractivity contribution in [2.24, 2.45) is 0 Å². The predicted octanol–water partition coefficient (Wildman–Crippen LogP) is 2.70. The Morgan fingerprint density at radius 3 is 2.27 bits per heavy atom. The molecule has 2 saturated heterocycles. The Morgan fingerprint density at radius 1 is 0.970 bits per heavy atom. The van der Waals surface area contributed by atoms with Crippen molar-refractivity contribution in [3.8, 4) is 0 Å². The zero-order chi connectivity index (χ0) is 23.2. The van der Waals surface area contributed by atoms with Gasteiger partial charge in [0, 0.05) is 13.0 Å². The SMILES string of the molecule is CC1(C)O[C@H]2O[C@H](C(=O)CCN3C(=O)c4ccccc4C3=O)[C@H](OCc3ccccc3)[C@H]2O1. The molecule has 5 rings (SSSR count). The quantitative estimate of drug-likeness (QED) is 0.598. The van der Waals surface area contributed by atoms with Crippen LogP contribution in [0.4, 0.5) is 0 Å². The molecule has 3 aliphatic rings. The van der Waals surface area contributed by atoms with Gasteiger partial charge in [-0.2, -0.15) is 0 Å². The van der Waals surface area contributed by atoms with Gasteiger partial charge in [0.05, 0.1) is 17.7 Å². The summed E-state index contributed by atoms with van der Waals surface area (Å²) in [5, 5.41) is 0. The molecule has 0 bridgehead atoms. The molecule has 0 aliphatic carbocycles. The van der Waals surface area contributed by atoms with Crippen LogP contribution in [0.3, 0.4) is 0 Å². The standard InChI is InChI=1S/C25H25NO7/c1-25(2)32-21-20(30-14-15-8-4-3-5-9-15)19(31-24(21)33-25)18(27)12-13-26-22(28)16-10-6-7-11-17(16)23(26)29/h3-11,19-21,24H,12-14H2,1-2H3/t19-,20+,21-,24-/m1/s1. The van der Waals surface area contributed by atoms with E-state index in [0.29, 0.717) is 11.1 Å². The number of hydrogen-bond acceptors (Lipinski definition) is 7. The molecule has 0 aromatic heterocycles. The monoisotopic (exact) mass is 451 g/mol. The molecule has 3 heterocycles. The van der Waals surface area contributed by atoms with Gasteiger partial charge >= 0.3 is 0 Å². The lowest BCUT2D eigenvalue weighted by atomic mass is 10.0. The lowest BCUT2D eigenvalue weighted by Gasteiger charge is -2.25. The van der Waals surface area contributed by atoms with E-state index in [0.717, 1.165) is 10.5 Å². The van der Waals surface area contributed by atoms with E-state index < -0.39 is 42.2 Å². The van der Waals surface area contributed by atoms with Crippen molar-refractivity contribution in [3.05, 3.63) is 71.3 Å². The van der Waals surface area contributed by atoms with Crippen LogP contribution in [-0.2, 0) is 30.3 Å². The van der Waals surface area contributed by atoms with Crippen LogP contribution in [0.5, 0.6) is 0 Å². The van der Waals surface area contributed by atoms with E-state index in [1.807, 2.05) is 30.3 Å². The molecule has 172 valence electrons. The third-order valence-electron chi connectivity index (χ3n) is 6.05. The number of Topliss-reactive ketones (excluding diaryl/α,β-unsaturated/α-hetero) is 1. The molecular weight excluding hydrogens is 426 g/mol. The third-order valence-corrected chi connectivity index (χ3v) is 6.05. The summed E-state index contributed by atoms with van der Waals surface area (Å²) in [4.78, 5) is 39.4. The van der Waals surface area contributed by atoms with Gasteiger partial charge in [-0.1, -0.05) is 42.5 Å². The minimum atomic E-state index is -0.921. The van der Waals surface area contributed by atoms with E-state index >= 15 is 0 Å². The molecule has 2 aromatic carbocycles. The summed E-state index contributed by atoms with van der Waals surface area (Å²) in [6.07, 6.45) is -2.93. The zero-order valence-electron chi connectivity index (χ0n) is 18.4. The molecule has 2 amide bonds. The number of fused-ring (bicyclic) bond motifs is 2. The molecule has 3 aliphatic heterocycles. The van der Waals surface area contributed by atoms with Gasteiger partial charge in [0.1, 0.15) is 18.3 Å². The topological polar surface area (TPSA) is 91.4 Å². The van der Waals surface area contributed by atoms with Crippen LogP contribution >= 0.6 is 0 Å². The van der Waals surface area contributed by atoms with E-state index in [4.69, 9.17) is 18.9 Å². The molecule has 33 heavy (non-hydrogen) atoms. The van der Waals surface area contributed by atoms with Crippen LogP contribution in [-0.4, -0.2) is 59.4 Å². The van der Waals surface area contributed by atoms with E-state index in [1.54, 1.807) is 38.1 Å². The van der Waals surface area contributed by atoms with E-state index in [2.05, 4.69) is 0 Å². The van der Waals surface area contributed by atoms with Crippen LogP contribution in [0, 0.1) is 0 Å². The number of carbonyl (C=O) groups is 3. The van der Waals surface area contributed by atoms with Gasteiger partial charge in [0.15, 0.2) is 17.9 Å². The zero-order valence-corrected chi connectivity index (χ0v) is 18.4. The molecule has 8 nitrogen and oxygen atoms in total. The van der Waals surface area contributed by atoms with Crippen molar-refractivity contribution in [3.63, 3.8) is 0 Å². The maximum Gasteiger partial charge on any atom is 0.261 e. The summed E-state index contributed by atoms with van der Waals surface area (Å²) in [5.41, 5.74) is 1.67.